The van der Waals surface area contributed by atoms with Gasteiger partial charge in [0.05, 0.1) is 6.61 Å². The van der Waals surface area contributed by atoms with Gasteiger partial charge in [-0.2, -0.15) is 0 Å². The van der Waals surface area contributed by atoms with Gasteiger partial charge in [0.1, 0.15) is 0 Å². The molecule has 0 aromatic heterocycles. The lowest BCUT2D eigenvalue weighted by Crippen LogP contribution is -2.28. The van der Waals surface area contributed by atoms with Crippen LogP contribution in [0.15, 0.2) is 0 Å². The Labute approximate surface area is 101 Å². The lowest BCUT2D eigenvalue weighted by Gasteiger charge is -2.21. The minimum absolute atomic E-state index is 0.562. The number of nitrogens with zero attached hydrogens (tertiary/aromatic N) is 1. The van der Waals surface area contributed by atoms with Crippen molar-refractivity contribution >= 4 is 0 Å². The molecule has 0 aromatic carbocycles. The minimum Gasteiger partial charge on any atom is -0.381 e. The molecule has 0 N–H and O–H groups in total. The highest BCUT2D eigenvalue weighted by atomic mass is 16.5. The van der Waals surface area contributed by atoms with Gasteiger partial charge < -0.3 is 9.64 Å². The van der Waals surface area contributed by atoms with Crippen molar-refractivity contribution in [2.24, 2.45) is 5.41 Å². The lowest BCUT2D eigenvalue weighted by atomic mass is 9.87. The number of hydrogen-bond donors (Lipinski definition) is 0. The predicted octanol–water partition coefficient (Wildman–Crippen LogP) is 3.32. The van der Waals surface area contributed by atoms with Crippen LogP contribution in [0.25, 0.3) is 0 Å². The normalized spacial score (nSPS) is 29.4. The average Bonchev–Trinajstić information content (AvgIpc) is 2.94. The molecule has 2 heterocycles. The Hall–Kier alpha value is -0.0800. The molecule has 1 spiro atoms. The average molecular weight is 227 g/mol. The maximum Gasteiger partial charge on any atom is 0.0536 e. The summed E-state index contributed by atoms with van der Waals surface area (Å²) in [5.41, 5.74) is 0.562. The van der Waals surface area contributed by atoms with Crippen molar-refractivity contribution in [1.29, 1.82) is 0 Å². The van der Waals surface area contributed by atoms with E-state index in [2.05, 4.69) is 11.8 Å². The highest BCUT2D eigenvalue weighted by Gasteiger charge is 2.40. The molecular formula is C14H29NO. The highest BCUT2D eigenvalue weighted by molar-refractivity contribution is 4.92. The van der Waals surface area contributed by atoms with Crippen LogP contribution in [-0.2, 0) is 4.74 Å². The molecule has 16 heavy (non-hydrogen) atoms. The standard InChI is InChI=1S/C12H23NO.C2H6/c1-2-3-4-7-13-8-5-12(10-13)6-9-14-11-12;1-2/h2-11H2,1H3;1-2H3. The summed E-state index contributed by atoms with van der Waals surface area (Å²) in [6.07, 6.45) is 6.78. The SMILES string of the molecule is CC.CCCCCN1CCC2(CCOC2)C1. The monoisotopic (exact) mass is 227 g/mol. The third-order valence-corrected chi connectivity index (χ3v) is 3.78. The van der Waals surface area contributed by atoms with Gasteiger partial charge in [0.2, 0.25) is 0 Å². The molecule has 1 atom stereocenters. The summed E-state index contributed by atoms with van der Waals surface area (Å²) in [6.45, 7) is 12.2. The van der Waals surface area contributed by atoms with Crippen molar-refractivity contribution in [3.05, 3.63) is 0 Å². The molecule has 0 bridgehead atoms. The van der Waals surface area contributed by atoms with Crippen molar-refractivity contribution in [1.82, 2.24) is 4.90 Å². The highest BCUT2D eigenvalue weighted by Crippen LogP contribution is 2.38. The Kier molecular flexibility index (Phi) is 6.37. The fraction of sp³-hybridized carbons (Fsp3) is 1.00. The molecule has 96 valence electrons. The molecule has 0 saturated carbocycles. The van der Waals surface area contributed by atoms with Gasteiger partial charge in [-0.15, -0.1) is 0 Å². The van der Waals surface area contributed by atoms with Crippen LogP contribution >= 0.6 is 0 Å². The molecule has 2 rings (SSSR count). The maximum atomic E-state index is 5.53. The molecule has 2 aliphatic heterocycles. The van der Waals surface area contributed by atoms with Gasteiger partial charge in [0.15, 0.2) is 0 Å². The van der Waals surface area contributed by atoms with Crippen LogP contribution in [-0.4, -0.2) is 37.7 Å². The summed E-state index contributed by atoms with van der Waals surface area (Å²) in [5, 5.41) is 0. The van der Waals surface area contributed by atoms with E-state index >= 15 is 0 Å². The summed E-state index contributed by atoms with van der Waals surface area (Å²) >= 11 is 0. The number of ether oxygens (including phenoxy) is 1. The smallest absolute Gasteiger partial charge is 0.0536 e. The maximum absolute atomic E-state index is 5.53. The first kappa shape index (κ1) is 14.0. The predicted molar refractivity (Wildman–Crippen MR) is 69.8 cm³/mol. The summed E-state index contributed by atoms with van der Waals surface area (Å²) in [6, 6.07) is 0. The van der Waals surface area contributed by atoms with E-state index in [9.17, 15) is 0 Å². The molecule has 2 saturated heterocycles. The number of likely N-dealkylation sites (tertiary alicyclic amines) is 1. The van der Waals surface area contributed by atoms with Crippen LogP contribution < -0.4 is 0 Å². The zero-order valence-electron chi connectivity index (χ0n) is 11.4. The molecule has 2 nitrogen and oxygen atoms in total. The van der Waals surface area contributed by atoms with E-state index in [0.717, 1.165) is 13.2 Å². The molecule has 2 aliphatic rings. The third kappa shape index (κ3) is 3.74. The Morgan fingerprint density at radius 3 is 2.62 bits per heavy atom. The zero-order valence-corrected chi connectivity index (χ0v) is 11.4. The molecule has 0 aliphatic carbocycles. The number of hydrogen-bond acceptors (Lipinski definition) is 2. The Bertz CT molecular complexity index is 176. The van der Waals surface area contributed by atoms with Crippen LogP contribution in [0, 0.1) is 5.41 Å². The third-order valence-electron chi connectivity index (χ3n) is 3.78. The number of rotatable bonds is 4. The van der Waals surface area contributed by atoms with E-state index in [-0.39, 0.29) is 0 Å². The van der Waals surface area contributed by atoms with Gasteiger partial charge in [-0.25, -0.2) is 0 Å². The first-order valence-electron chi connectivity index (χ1n) is 7.15. The van der Waals surface area contributed by atoms with Crippen molar-refractivity contribution in [3.8, 4) is 0 Å². The van der Waals surface area contributed by atoms with Crippen LogP contribution in [0.5, 0.6) is 0 Å². The fourth-order valence-electron chi connectivity index (χ4n) is 2.78. The minimum atomic E-state index is 0.562. The van der Waals surface area contributed by atoms with E-state index in [0.29, 0.717) is 5.41 Å². The van der Waals surface area contributed by atoms with Gasteiger partial charge >= 0.3 is 0 Å². The first-order chi connectivity index (χ1) is 7.85. The zero-order chi connectivity index (χ0) is 11.9. The van der Waals surface area contributed by atoms with E-state index < -0.39 is 0 Å². The van der Waals surface area contributed by atoms with Gasteiger partial charge in [-0.3, -0.25) is 0 Å². The second-order valence-corrected chi connectivity index (χ2v) is 5.04. The number of unbranched alkanes of at least 4 members (excludes halogenated alkanes) is 2. The molecule has 1 unspecified atom stereocenters. The summed E-state index contributed by atoms with van der Waals surface area (Å²) in [4.78, 5) is 2.64. The molecule has 2 fully saturated rings. The largest absolute Gasteiger partial charge is 0.381 e. The van der Waals surface area contributed by atoms with Gasteiger partial charge in [0, 0.05) is 18.6 Å². The molecule has 0 radical (unpaired) electrons. The van der Waals surface area contributed by atoms with Crippen molar-refractivity contribution < 1.29 is 4.74 Å². The van der Waals surface area contributed by atoms with Gasteiger partial charge in [0.25, 0.3) is 0 Å². The summed E-state index contributed by atoms with van der Waals surface area (Å²) in [7, 11) is 0. The Morgan fingerprint density at radius 1 is 1.19 bits per heavy atom. The van der Waals surface area contributed by atoms with Crippen molar-refractivity contribution in [3.63, 3.8) is 0 Å². The van der Waals surface area contributed by atoms with Crippen molar-refractivity contribution in [2.45, 2.75) is 52.9 Å². The quantitative estimate of drug-likeness (QED) is 0.683. The van der Waals surface area contributed by atoms with Crippen LogP contribution in [0.3, 0.4) is 0 Å². The molecule has 2 heteroatoms. The molecular weight excluding hydrogens is 198 g/mol. The second kappa shape index (κ2) is 7.29. The van der Waals surface area contributed by atoms with E-state index in [1.54, 1.807) is 0 Å². The van der Waals surface area contributed by atoms with Crippen LogP contribution in [0.4, 0.5) is 0 Å². The first-order valence-corrected chi connectivity index (χ1v) is 7.15. The Morgan fingerprint density at radius 2 is 2.00 bits per heavy atom. The van der Waals surface area contributed by atoms with Crippen molar-refractivity contribution in [2.75, 3.05) is 32.8 Å². The molecule has 0 amide bonds. The van der Waals surface area contributed by atoms with E-state index in [1.807, 2.05) is 13.8 Å². The molecule has 0 aromatic rings. The van der Waals surface area contributed by atoms with Gasteiger partial charge in [-0.1, -0.05) is 33.6 Å². The van der Waals surface area contributed by atoms with Gasteiger partial charge in [-0.05, 0) is 32.4 Å². The summed E-state index contributed by atoms with van der Waals surface area (Å²) < 4.78 is 5.53. The topological polar surface area (TPSA) is 12.5 Å². The lowest BCUT2D eigenvalue weighted by molar-refractivity contribution is 0.152. The van der Waals surface area contributed by atoms with Crippen LogP contribution in [0.2, 0.25) is 0 Å². The summed E-state index contributed by atoms with van der Waals surface area (Å²) in [5.74, 6) is 0. The second-order valence-electron chi connectivity index (χ2n) is 5.04. The van der Waals surface area contributed by atoms with E-state index in [4.69, 9.17) is 4.74 Å². The fourth-order valence-corrected chi connectivity index (χ4v) is 2.78. The van der Waals surface area contributed by atoms with Crippen LogP contribution in [0.1, 0.15) is 52.9 Å². The Balaban J connectivity index is 0.000000606. The van der Waals surface area contributed by atoms with E-state index in [1.165, 1.54) is 51.7 Å².